The third-order valence-corrected chi connectivity index (χ3v) is 2.40. The van der Waals surface area contributed by atoms with E-state index < -0.39 is 4.92 Å². The molecule has 1 aromatic rings. The highest BCUT2D eigenvalue weighted by atomic mass is 16.6. The Morgan fingerprint density at radius 3 is 2.90 bits per heavy atom. The summed E-state index contributed by atoms with van der Waals surface area (Å²) in [7, 11) is 1.53. The van der Waals surface area contributed by atoms with Gasteiger partial charge < -0.3 is 15.4 Å². The molecule has 2 N–H and O–H groups in total. The van der Waals surface area contributed by atoms with Crippen LogP contribution in [-0.4, -0.2) is 37.6 Å². The first kappa shape index (κ1) is 15.4. The van der Waals surface area contributed by atoms with E-state index in [1.165, 1.54) is 25.3 Å². The molecule has 1 rings (SSSR count). The zero-order valence-corrected chi connectivity index (χ0v) is 10.9. The molecule has 0 aliphatic heterocycles. The SMILES string of the molecule is COCCNC(=O)CNc1ccc(C#N)c([N+](=O)[O-])c1. The highest BCUT2D eigenvalue weighted by Crippen LogP contribution is 2.22. The Hall–Kier alpha value is -2.66. The second kappa shape index (κ2) is 7.70. The lowest BCUT2D eigenvalue weighted by Gasteiger charge is -2.07. The minimum absolute atomic E-state index is 0.0211. The second-order valence-electron chi connectivity index (χ2n) is 3.80. The molecule has 0 fully saturated rings. The van der Waals surface area contributed by atoms with Gasteiger partial charge in [-0.25, -0.2) is 0 Å². The predicted molar refractivity (Wildman–Crippen MR) is 71.2 cm³/mol. The fraction of sp³-hybridized carbons (Fsp3) is 0.333. The number of carbonyl (C=O) groups is 1. The van der Waals surface area contributed by atoms with Crippen molar-refractivity contribution in [1.29, 1.82) is 5.26 Å². The van der Waals surface area contributed by atoms with Crippen LogP contribution in [-0.2, 0) is 9.53 Å². The fourth-order valence-electron chi connectivity index (χ4n) is 1.42. The summed E-state index contributed by atoms with van der Waals surface area (Å²) in [5, 5.41) is 24.9. The maximum Gasteiger partial charge on any atom is 0.289 e. The van der Waals surface area contributed by atoms with E-state index in [-0.39, 0.29) is 23.7 Å². The average Bonchev–Trinajstić information content (AvgIpc) is 2.45. The van der Waals surface area contributed by atoms with Gasteiger partial charge in [-0.3, -0.25) is 14.9 Å². The second-order valence-corrected chi connectivity index (χ2v) is 3.80. The zero-order valence-electron chi connectivity index (χ0n) is 10.9. The van der Waals surface area contributed by atoms with Crippen LogP contribution in [0.1, 0.15) is 5.56 Å². The molecule has 0 unspecified atom stereocenters. The summed E-state index contributed by atoms with van der Waals surface area (Å²) in [6, 6.07) is 5.81. The van der Waals surface area contributed by atoms with Crippen LogP contribution in [0.2, 0.25) is 0 Å². The largest absolute Gasteiger partial charge is 0.383 e. The van der Waals surface area contributed by atoms with E-state index >= 15 is 0 Å². The number of nitrogens with one attached hydrogen (secondary N) is 2. The Labute approximate surface area is 115 Å². The van der Waals surface area contributed by atoms with Gasteiger partial charge in [0.1, 0.15) is 11.6 Å². The lowest BCUT2D eigenvalue weighted by molar-refractivity contribution is -0.385. The van der Waals surface area contributed by atoms with Crippen molar-refractivity contribution in [2.24, 2.45) is 0 Å². The van der Waals surface area contributed by atoms with E-state index in [9.17, 15) is 14.9 Å². The van der Waals surface area contributed by atoms with Crippen LogP contribution in [0, 0.1) is 21.4 Å². The first-order chi connectivity index (χ1) is 9.58. The lowest BCUT2D eigenvalue weighted by Crippen LogP contribution is -2.32. The van der Waals surface area contributed by atoms with E-state index in [0.29, 0.717) is 18.8 Å². The van der Waals surface area contributed by atoms with E-state index in [2.05, 4.69) is 10.6 Å². The quantitative estimate of drug-likeness (QED) is 0.429. The number of hydrogen-bond acceptors (Lipinski definition) is 6. The molecule has 0 bridgehead atoms. The molecule has 0 heterocycles. The van der Waals surface area contributed by atoms with Crippen molar-refractivity contribution >= 4 is 17.3 Å². The Kier molecular flexibility index (Phi) is 5.93. The van der Waals surface area contributed by atoms with Crippen molar-refractivity contribution in [2.75, 3.05) is 32.1 Å². The van der Waals surface area contributed by atoms with E-state index in [1.54, 1.807) is 6.07 Å². The van der Waals surface area contributed by atoms with Crippen molar-refractivity contribution in [3.63, 3.8) is 0 Å². The number of methoxy groups -OCH3 is 1. The third kappa shape index (κ3) is 4.55. The predicted octanol–water partition coefficient (Wildman–Crippen LogP) is 0.641. The molecule has 8 nitrogen and oxygen atoms in total. The van der Waals surface area contributed by atoms with Gasteiger partial charge in [0.25, 0.3) is 5.69 Å². The van der Waals surface area contributed by atoms with E-state index in [0.717, 1.165) is 0 Å². The number of nitriles is 1. The molecule has 0 saturated carbocycles. The smallest absolute Gasteiger partial charge is 0.289 e. The van der Waals surface area contributed by atoms with Crippen molar-refractivity contribution in [3.05, 3.63) is 33.9 Å². The number of benzene rings is 1. The Balaban J connectivity index is 2.61. The first-order valence-electron chi connectivity index (χ1n) is 5.76. The van der Waals surface area contributed by atoms with Gasteiger partial charge in [-0.05, 0) is 12.1 Å². The van der Waals surface area contributed by atoms with Crippen LogP contribution < -0.4 is 10.6 Å². The monoisotopic (exact) mass is 278 g/mol. The van der Waals surface area contributed by atoms with Crippen molar-refractivity contribution in [2.45, 2.75) is 0 Å². The van der Waals surface area contributed by atoms with Crippen molar-refractivity contribution in [1.82, 2.24) is 5.32 Å². The lowest BCUT2D eigenvalue weighted by atomic mass is 10.2. The van der Waals surface area contributed by atoms with Gasteiger partial charge in [0.2, 0.25) is 5.91 Å². The molecule has 20 heavy (non-hydrogen) atoms. The molecule has 1 aromatic carbocycles. The molecule has 1 amide bonds. The maximum atomic E-state index is 11.4. The van der Waals surface area contributed by atoms with Gasteiger partial charge in [0, 0.05) is 25.4 Å². The van der Waals surface area contributed by atoms with Crippen molar-refractivity contribution < 1.29 is 14.5 Å². The van der Waals surface area contributed by atoms with Gasteiger partial charge in [-0.2, -0.15) is 5.26 Å². The molecule has 106 valence electrons. The number of amides is 1. The number of nitrogens with zero attached hydrogens (tertiary/aromatic N) is 2. The van der Waals surface area contributed by atoms with E-state index in [1.807, 2.05) is 0 Å². The summed E-state index contributed by atoms with van der Waals surface area (Å²) in [6.07, 6.45) is 0. The Morgan fingerprint density at radius 2 is 2.30 bits per heavy atom. The van der Waals surface area contributed by atoms with Crippen LogP contribution in [0.3, 0.4) is 0 Å². The number of ether oxygens (including phenoxy) is 1. The Bertz CT molecular complexity index is 539. The first-order valence-corrected chi connectivity index (χ1v) is 5.76. The van der Waals surface area contributed by atoms with Gasteiger partial charge >= 0.3 is 0 Å². The molecule has 0 spiro atoms. The molecule has 8 heteroatoms. The summed E-state index contributed by atoms with van der Waals surface area (Å²) in [5.41, 5.74) is 0.0833. The summed E-state index contributed by atoms with van der Waals surface area (Å²) in [4.78, 5) is 21.6. The van der Waals surface area contributed by atoms with Gasteiger partial charge in [0.05, 0.1) is 18.1 Å². The summed E-state index contributed by atoms with van der Waals surface area (Å²) >= 11 is 0. The van der Waals surface area contributed by atoms with Gasteiger partial charge in [0.15, 0.2) is 0 Å². The normalized spacial score (nSPS) is 9.60. The minimum Gasteiger partial charge on any atom is -0.383 e. The molecule has 0 radical (unpaired) electrons. The minimum atomic E-state index is -0.637. The number of hydrogen-bond donors (Lipinski definition) is 2. The zero-order chi connectivity index (χ0) is 15.0. The van der Waals surface area contributed by atoms with Crippen LogP contribution in [0.25, 0.3) is 0 Å². The van der Waals surface area contributed by atoms with Gasteiger partial charge in [-0.1, -0.05) is 0 Å². The van der Waals surface area contributed by atoms with Crippen molar-refractivity contribution in [3.8, 4) is 6.07 Å². The van der Waals surface area contributed by atoms with Crippen LogP contribution in [0.5, 0.6) is 0 Å². The number of anilines is 1. The molecular formula is C12H14N4O4. The summed E-state index contributed by atoms with van der Waals surface area (Å²) in [6.45, 7) is 0.783. The molecule has 0 saturated heterocycles. The topological polar surface area (TPSA) is 117 Å². The van der Waals surface area contributed by atoms with Crippen LogP contribution in [0.4, 0.5) is 11.4 Å². The third-order valence-electron chi connectivity index (χ3n) is 2.40. The molecule has 0 aliphatic rings. The summed E-state index contributed by atoms with van der Waals surface area (Å²) in [5.74, 6) is -0.255. The highest BCUT2D eigenvalue weighted by molar-refractivity contribution is 5.80. The number of carbonyl (C=O) groups excluding carboxylic acids is 1. The summed E-state index contributed by atoms with van der Waals surface area (Å²) < 4.78 is 4.78. The van der Waals surface area contributed by atoms with Gasteiger partial charge in [-0.15, -0.1) is 0 Å². The maximum absolute atomic E-state index is 11.4. The highest BCUT2D eigenvalue weighted by Gasteiger charge is 2.14. The standard InChI is InChI=1S/C12H14N4O4/c1-20-5-4-14-12(17)8-15-10-3-2-9(7-13)11(6-10)16(18)19/h2-3,6,15H,4-5,8H2,1H3,(H,14,17). The molecule has 0 aliphatic carbocycles. The average molecular weight is 278 g/mol. The fourth-order valence-corrected chi connectivity index (χ4v) is 1.42. The molecule has 0 aromatic heterocycles. The van der Waals surface area contributed by atoms with Crippen LogP contribution >= 0.6 is 0 Å². The van der Waals surface area contributed by atoms with Crippen LogP contribution in [0.15, 0.2) is 18.2 Å². The molecule has 0 atom stereocenters. The molecular weight excluding hydrogens is 264 g/mol. The van der Waals surface area contributed by atoms with E-state index in [4.69, 9.17) is 10.00 Å². The number of rotatable bonds is 7. The number of nitro groups is 1. The number of nitro benzene ring substituents is 1. The Morgan fingerprint density at radius 1 is 1.55 bits per heavy atom.